The molecule has 100 valence electrons. The Labute approximate surface area is 126 Å². The van der Waals surface area contributed by atoms with E-state index in [0.717, 1.165) is 11.1 Å². The van der Waals surface area contributed by atoms with E-state index >= 15 is 0 Å². The number of aromatic hydroxyl groups is 2. The van der Waals surface area contributed by atoms with Crippen molar-refractivity contribution < 1.29 is 10.2 Å². The maximum atomic E-state index is 9.53. The quantitative estimate of drug-likeness (QED) is 0.850. The maximum Gasteiger partial charge on any atom is 0.134 e. The molecule has 0 atom stereocenters. The van der Waals surface area contributed by atoms with E-state index in [1.807, 2.05) is 6.07 Å². The van der Waals surface area contributed by atoms with Gasteiger partial charge in [0.05, 0.1) is 5.02 Å². The third-order valence-corrected chi connectivity index (χ3v) is 3.94. The highest BCUT2D eigenvalue weighted by Gasteiger charge is 2.10. The molecular formula is C14H11Cl3O2. The van der Waals surface area contributed by atoms with Crippen LogP contribution in [0.3, 0.4) is 0 Å². The molecule has 0 unspecified atom stereocenters. The van der Waals surface area contributed by atoms with Crippen LogP contribution in [0.4, 0.5) is 0 Å². The first-order chi connectivity index (χ1) is 8.99. The van der Waals surface area contributed by atoms with Gasteiger partial charge in [0.2, 0.25) is 0 Å². The number of halogens is 3. The van der Waals surface area contributed by atoms with Crippen LogP contribution in [0.2, 0.25) is 15.1 Å². The first-order valence-electron chi connectivity index (χ1n) is 5.62. The molecule has 0 amide bonds. The molecule has 19 heavy (non-hydrogen) atoms. The van der Waals surface area contributed by atoms with Gasteiger partial charge >= 0.3 is 0 Å². The topological polar surface area (TPSA) is 40.5 Å². The molecule has 2 rings (SSSR count). The fourth-order valence-corrected chi connectivity index (χ4v) is 2.73. The second-order valence-corrected chi connectivity index (χ2v) is 5.33. The summed E-state index contributed by atoms with van der Waals surface area (Å²) in [6.07, 6.45) is 1.17. The van der Waals surface area contributed by atoms with Gasteiger partial charge in [-0.05, 0) is 42.2 Å². The van der Waals surface area contributed by atoms with Crippen molar-refractivity contribution in [1.29, 1.82) is 0 Å². The van der Waals surface area contributed by atoms with Gasteiger partial charge in [0, 0.05) is 10.0 Å². The molecule has 0 bridgehead atoms. The summed E-state index contributed by atoms with van der Waals surface area (Å²) < 4.78 is 0. The second-order valence-electron chi connectivity index (χ2n) is 4.14. The van der Waals surface area contributed by atoms with Crippen molar-refractivity contribution in [2.24, 2.45) is 0 Å². The molecular weight excluding hydrogens is 307 g/mol. The van der Waals surface area contributed by atoms with Crippen molar-refractivity contribution in [2.75, 3.05) is 0 Å². The molecule has 2 nitrogen and oxygen atoms in total. The predicted molar refractivity (Wildman–Crippen MR) is 78.7 cm³/mol. The van der Waals surface area contributed by atoms with Crippen LogP contribution >= 0.6 is 34.8 Å². The van der Waals surface area contributed by atoms with Gasteiger partial charge in [-0.3, -0.25) is 0 Å². The highest BCUT2D eigenvalue weighted by Crippen LogP contribution is 2.32. The fourth-order valence-electron chi connectivity index (χ4n) is 1.85. The first kappa shape index (κ1) is 14.3. The molecule has 0 aliphatic heterocycles. The molecule has 0 aliphatic carbocycles. The highest BCUT2D eigenvalue weighted by molar-refractivity contribution is 6.36. The number of benzene rings is 2. The summed E-state index contributed by atoms with van der Waals surface area (Å²) in [7, 11) is 0. The molecule has 0 spiro atoms. The molecule has 2 aromatic rings. The summed E-state index contributed by atoms with van der Waals surface area (Å²) in [5, 5.41) is 20.1. The van der Waals surface area contributed by atoms with Crippen LogP contribution in [0.15, 0.2) is 30.3 Å². The molecule has 0 heterocycles. The smallest absolute Gasteiger partial charge is 0.134 e. The van der Waals surface area contributed by atoms with Gasteiger partial charge in [-0.2, -0.15) is 0 Å². The Morgan fingerprint density at radius 1 is 0.895 bits per heavy atom. The van der Waals surface area contributed by atoms with Gasteiger partial charge < -0.3 is 10.2 Å². The largest absolute Gasteiger partial charge is 0.508 e. The molecule has 5 heteroatoms. The van der Waals surface area contributed by atoms with Gasteiger partial charge in [0.15, 0.2) is 0 Å². The zero-order chi connectivity index (χ0) is 14.0. The van der Waals surface area contributed by atoms with E-state index in [4.69, 9.17) is 34.8 Å². The third-order valence-electron chi connectivity index (χ3n) is 2.83. The van der Waals surface area contributed by atoms with E-state index < -0.39 is 0 Å². The lowest BCUT2D eigenvalue weighted by atomic mass is 10.0. The van der Waals surface area contributed by atoms with Crippen molar-refractivity contribution in [1.82, 2.24) is 0 Å². The third kappa shape index (κ3) is 3.27. The van der Waals surface area contributed by atoms with Gasteiger partial charge in [-0.1, -0.05) is 46.9 Å². The van der Waals surface area contributed by atoms with Crippen LogP contribution in [0.5, 0.6) is 11.5 Å². The lowest BCUT2D eigenvalue weighted by Crippen LogP contribution is -1.94. The Morgan fingerprint density at radius 2 is 1.53 bits per heavy atom. The van der Waals surface area contributed by atoms with Gasteiger partial charge in [0.25, 0.3) is 0 Å². The molecule has 2 N–H and O–H groups in total. The summed E-state index contributed by atoms with van der Waals surface area (Å²) in [4.78, 5) is 0. The SMILES string of the molecule is Oc1cc(Cl)c(CCc2cccc(O)c2Cl)c(Cl)c1. The van der Waals surface area contributed by atoms with Crippen LogP contribution in [0, 0.1) is 0 Å². The van der Waals surface area contributed by atoms with E-state index in [2.05, 4.69) is 0 Å². The summed E-state index contributed by atoms with van der Waals surface area (Å²) >= 11 is 18.1. The molecule has 0 saturated heterocycles. The Hall–Kier alpha value is -1.09. The van der Waals surface area contributed by atoms with Crippen LogP contribution in [-0.2, 0) is 12.8 Å². The van der Waals surface area contributed by atoms with Crippen LogP contribution in [0.1, 0.15) is 11.1 Å². The van der Waals surface area contributed by atoms with Gasteiger partial charge in [0.1, 0.15) is 11.5 Å². The number of phenols is 2. The number of hydrogen-bond donors (Lipinski definition) is 2. The fraction of sp³-hybridized carbons (Fsp3) is 0.143. The Morgan fingerprint density at radius 3 is 2.16 bits per heavy atom. The normalized spacial score (nSPS) is 10.7. The van der Waals surface area contributed by atoms with Crippen LogP contribution in [-0.4, -0.2) is 10.2 Å². The molecule has 0 radical (unpaired) electrons. The minimum absolute atomic E-state index is 0.0362. The zero-order valence-corrected chi connectivity index (χ0v) is 12.1. The Balaban J connectivity index is 2.22. The minimum atomic E-state index is 0.0362. The number of phenolic OH excluding ortho intramolecular Hbond substituents is 2. The standard InChI is InChI=1S/C14H11Cl3O2/c15-11-6-9(18)7-12(16)10(11)5-4-8-2-1-3-13(19)14(8)17/h1-3,6-7,18-19H,4-5H2. The maximum absolute atomic E-state index is 9.53. The predicted octanol–water partition coefficient (Wildman–Crippen LogP) is 4.84. The minimum Gasteiger partial charge on any atom is -0.508 e. The lowest BCUT2D eigenvalue weighted by molar-refractivity contribution is 0.474. The van der Waals surface area contributed by atoms with Crippen LogP contribution in [0.25, 0.3) is 0 Å². The average molecular weight is 318 g/mol. The number of hydrogen-bond acceptors (Lipinski definition) is 2. The number of rotatable bonds is 3. The van der Waals surface area contributed by atoms with E-state index in [1.165, 1.54) is 18.2 Å². The summed E-state index contributed by atoms with van der Waals surface area (Å²) in [6, 6.07) is 8.01. The summed E-state index contributed by atoms with van der Waals surface area (Å²) in [5.41, 5.74) is 1.57. The Bertz CT molecular complexity index is 589. The van der Waals surface area contributed by atoms with E-state index in [1.54, 1.807) is 6.07 Å². The second kappa shape index (κ2) is 5.91. The van der Waals surface area contributed by atoms with E-state index in [0.29, 0.717) is 27.9 Å². The van der Waals surface area contributed by atoms with Crippen molar-refractivity contribution >= 4 is 34.8 Å². The molecule has 0 saturated carbocycles. The van der Waals surface area contributed by atoms with Crippen molar-refractivity contribution in [3.05, 3.63) is 56.5 Å². The summed E-state index contributed by atoms with van der Waals surface area (Å²) in [6.45, 7) is 0. The number of aryl methyl sites for hydroxylation is 1. The molecule has 0 aromatic heterocycles. The van der Waals surface area contributed by atoms with E-state index in [9.17, 15) is 10.2 Å². The van der Waals surface area contributed by atoms with Gasteiger partial charge in [-0.25, -0.2) is 0 Å². The van der Waals surface area contributed by atoms with Crippen LogP contribution < -0.4 is 0 Å². The van der Waals surface area contributed by atoms with E-state index in [-0.39, 0.29) is 11.5 Å². The van der Waals surface area contributed by atoms with Crippen molar-refractivity contribution in [3.63, 3.8) is 0 Å². The highest BCUT2D eigenvalue weighted by atomic mass is 35.5. The molecule has 2 aromatic carbocycles. The lowest BCUT2D eigenvalue weighted by Gasteiger charge is -2.09. The van der Waals surface area contributed by atoms with Gasteiger partial charge in [-0.15, -0.1) is 0 Å². The molecule has 0 fully saturated rings. The van der Waals surface area contributed by atoms with Crippen molar-refractivity contribution in [3.8, 4) is 11.5 Å². The first-order valence-corrected chi connectivity index (χ1v) is 6.75. The average Bonchev–Trinajstić information content (AvgIpc) is 2.33. The Kier molecular flexibility index (Phi) is 4.46. The van der Waals surface area contributed by atoms with Crippen molar-refractivity contribution in [2.45, 2.75) is 12.8 Å². The monoisotopic (exact) mass is 316 g/mol. The summed E-state index contributed by atoms with van der Waals surface area (Å²) in [5.74, 6) is 0.0937. The molecule has 0 aliphatic rings. The zero-order valence-electron chi connectivity index (χ0n) is 9.83.